The molecule has 0 spiro atoms. The van der Waals surface area contributed by atoms with Gasteiger partial charge >= 0.3 is 23.9 Å². The number of rotatable bonds is 20. The highest BCUT2D eigenvalue weighted by atomic mass is 16.5. The number of nitrogens with zero attached hydrogens (tertiary/aromatic N) is 8. The number of benzene rings is 14. The van der Waals surface area contributed by atoms with Crippen LogP contribution in [-0.4, -0.2) is 48.0 Å². The largest absolute Gasteiger partial charge is 0.457 e. The van der Waals surface area contributed by atoms with Crippen molar-refractivity contribution >= 4 is 73.2 Å². The van der Waals surface area contributed by atoms with Crippen molar-refractivity contribution in [1.29, 1.82) is 10.5 Å². The van der Waals surface area contributed by atoms with Crippen molar-refractivity contribution in [1.82, 2.24) is 24.1 Å². The lowest BCUT2D eigenvalue weighted by atomic mass is 9.94. The third-order valence-corrected chi connectivity index (χ3v) is 20.1. The molecule has 0 saturated carbocycles. The van der Waals surface area contributed by atoms with Gasteiger partial charge in [-0.1, -0.05) is 206 Å². The molecule has 114 heavy (non-hydrogen) atoms. The Morgan fingerprint density at radius 3 is 1.05 bits per heavy atom. The highest BCUT2D eigenvalue weighted by molar-refractivity contribution is 6.15. The maximum atomic E-state index is 14.2. The number of nitriles is 2. The molecular formula is C98H62N8O8. The minimum Gasteiger partial charge on any atom is -0.457 e. The van der Waals surface area contributed by atoms with Crippen molar-refractivity contribution in [3.8, 4) is 91.1 Å². The summed E-state index contributed by atoms with van der Waals surface area (Å²) in [4.78, 5) is 77.3. The lowest BCUT2D eigenvalue weighted by Crippen LogP contribution is -2.06. The van der Waals surface area contributed by atoms with Crippen LogP contribution in [0, 0.1) is 29.2 Å². The first-order valence-electron chi connectivity index (χ1n) is 36.6. The smallest absolute Gasteiger partial charge is 0.338 e. The average Bonchev–Trinajstić information content (AvgIpc) is 1.58. The van der Waals surface area contributed by atoms with Crippen molar-refractivity contribution in [3.05, 3.63) is 395 Å². The molecule has 17 aromatic rings. The molecule has 0 saturated heterocycles. The molecule has 0 bridgehead atoms. The van der Waals surface area contributed by atoms with Crippen molar-refractivity contribution in [2.24, 2.45) is 0 Å². The van der Waals surface area contributed by atoms with Gasteiger partial charge in [-0.3, -0.25) is 0 Å². The zero-order valence-electron chi connectivity index (χ0n) is 60.8. The summed E-state index contributed by atoms with van der Waals surface area (Å²) in [7, 11) is 0. The predicted molar refractivity (Wildman–Crippen MR) is 439 cm³/mol. The lowest BCUT2D eigenvalue weighted by molar-refractivity contribution is 0.0464. The molecule has 0 atom stereocenters. The lowest BCUT2D eigenvalue weighted by Gasteiger charge is -2.18. The summed E-state index contributed by atoms with van der Waals surface area (Å²) in [5.74, 6) is -1.60. The van der Waals surface area contributed by atoms with Gasteiger partial charge in [0, 0.05) is 55.2 Å². The summed E-state index contributed by atoms with van der Waals surface area (Å²) in [5.41, 5.74) is 14.9. The fourth-order valence-corrected chi connectivity index (χ4v) is 14.5. The number of carbonyl (C=O) groups excluding carboxylic acids is 4. The van der Waals surface area contributed by atoms with E-state index >= 15 is 0 Å². The Bertz CT molecular complexity index is 6240. The van der Waals surface area contributed by atoms with Crippen LogP contribution in [-0.2, 0) is 45.4 Å². The van der Waals surface area contributed by atoms with Crippen LogP contribution in [0.2, 0.25) is 0 Å². The van der Waals surface area contributed by atoms with Gasteiger partial charge in [-0.25, -0.2) is 39.0 Å². The van der Waals surface area contributed by atoms with Crippen molar-refractivity contribution < 1.29 is 38.1 Å². The maximum absolute atomic E-state index is 14.2. The molecule has 16 nitrogen and oxygen atoms in total. The molecule has 17 rings (SSSR count). The summed E-state index contributed by atoms with van der Waals surface area (Å²) in [6.07, 6.45) is 0. The number of hydrogen-bond donors (Lipinski definition) is 0. The fourth-order valence-electron chi connectivity index (χ4n) is 14.5. The van der Waals surface area contributed by atoms with E-state index in [1.165, 1.54) is 0 Å². The molecule has 3 aromatic heterocycles. The van der Waals surface area contributed by atoms with Crippen LogP contribution >= 0.6 is 0 Å². The van der Waals surface area contributed by atoms with Gasteiger partial charge in [-0.2, -0.15) is 10.5 Å². The van der Waals surface area contributed by atoms with E-state index in [0.29, 0.717) is 122 Å². The van der Waals surface area contributed by atoms with Gasteiger partial charge in [0.2, 0.25) is 0 Å². The van der Waals surface area contributed by atoms with Gasteiger partial charge in [-0.15, -0.1) is 0 Å². The van der Waals surface area contributed by atoms with E-state index in [2.05, 4.69) is 17.0 Å². The Labute approximate surface area is 654 Å². The van der Waals surface area contributed by atoms with Gasteiger partial charge in [-0.05, 0) is 171 Å². The molecule has 0 amide bonds. The molecule has 0 N–H and O–H groups in total. The SMILES string of the molecule is [C-]#[N+]c1cccc(-c2ccc(-n3c4ccc(C(=O)OCc5ccccc5)cc4c4cc(C(=O)OCc5ccccc5)ccc43)cc2-c2nc(-c3cc(-n4c5ccc(C(=O)OCc6ccccc6)cc5c5cc(C(=O)OCc6ccccc6)ccc54)ccc3-c3cccc(C#N)c3)nc(-c3ccccc3-c3ccccc3C#N)n2)c1. The van der Waals surface area contributed by atoms with E-state index in [4.69, 9.17) is 40.5 Å². The second kappa shape index (κ2) is 31.3. The summed E-state index contributed by atoms with van der Waals surface area (Å²) < 4.78 is 27.7. The first kappa shape index (κ1) is 71.0. The normalized spacial score (nSPS) is 11.1. The summed E-state index contributed by atoms with van der Waals surface area (Å²) in [6.45, 7) is 8.42. The number of ether oxygens (including phenoxy) is 4. The van der Waals surface area contributed by atoms with Crippen LogP contribution in [0.3, 0.4) is 0 Å². The molecule has 3 heterocycles. The third-order valence-electron chi connectivity index (χ3n) is 20.1. The average molecular weight is 1480 g/mol. The summed E-state index contributed by atoms with van der Waals surface area (Å²) in [6, 6.07) is 105. The van der Waals surface area contributed by atoms with Gasteiger partial charge in [0.15, 0.2) is 23.2 Å². The minimum atomic E-state index is -0.548. The number of hydrogen-bond acceptors (Lipinski definition) is 13. The van der Waals surface area contributed by atoms with Gasteiger partial charge in [0.1, 0.15) is 26.4 Å². The van der Waals surface area contributed by atoms with Crippen LogP contribution in [0.1, 0.15) is 74.8 Å². The van der Waals surface area contributed by atoms with E-state index in [0.717, 1.165) is 22.3 Å². The molecule has 14 aromatic carbocycles. The zero-order chi connectivity index (χ0) is 77.6. The van der Waals surface area contributed by atoms with E-state index in [1.54, 1.807) is 72.8 Å². The van der Waals surface area contributed by atoms with Crippen LogP contribution < -0.4 is 0 Å². The van der Waals surface area contributed by atoms with Crippen LogP contribution in [0.15, 0.2) is 328 Å². The van der Waals surface area contributed by atoms with Gasteiger partial charge < -0.3 is 28.1 Å². The Morgan fingerprint density at radius 1 is 0.316 bits per heavy atom. The van der Waals surface area contributed by atoms with E-state index in [-0.39, 0.29) is 66.2 Å². The maximum Gasteiger partial charge on any atom is 0.338 e. The molecule has 0 aliphatic rings. The third kappa shape index (κ3) is 14.3. The molecule has 542 valence electrons. The summed E-state index contributed by atoms with van der Waals surface area (Å²) in [5, 5.41) is 23.8. The van der Waals surface area contributed by atoms with Crippen molar-refractivity contribution in [2.75, 3.05) is 0 Å². The van der Waals surface area contributed by atoms with Crippen LogP contribution in [0.4, 0.5) is 5.69 Å². The number of esters is 4. The number of fused-ring (bicyclic) bond motifs is 6. The first-order chi connectivity index (χ1) is 56.0. The Kier molecular flexibility index (Phi) is 19.5. The Balaban J connectivity index is 0.892. The van der Waals surface area contributed by atoms with Crippen molar-refractivity contribution in [3.63, 3.8) is 0 Å². The second-order valence-corrected chi connectivity index (χ2v) is 27.2. The van der Waals surface area contributed by atoms with E-state index in [9.17, 15) is 29.7 Å². The standard InChI is InChI=1S/C98H62N8O8/c1-101-74-32-19-31-68(49-74)79-43-41-76(106-90-46-38-71(97(109)113-60-64-24-10-4-11-25-64)52-84(90)85-53-72(39-47-91(85)106)98(110)114-61-65-26-12-5-13-27-65)55-87(79)94-103-92(81-35-17-16-34-80(81)77-33-15-14-29-73(77)57-100)102-93(104-94)86-54-75(40-42-78(86)67-30-18-28-66(48-67)56-99)105-88-44-36-69(95(107)111-58-62-20-6-2-7-21-62)50-82(88)83-51-70(37-45-89(83)105)96(108)112-59-63-22-8-3-9-23-63/h2-55H,58-61H2. The van der Waals surface area contributed by atoms with E-state index < -0.39 is 23.9 Å². The highest BCUT2D eigenvalue weighted by Crippen LogP contribution is 2.44. The zero-order valence-corrected chi connectivity index (χ0v) is 60.8. The first-order valence-corrected chi connectivity index (χ1v) is 36.6. The van der Waals surface area contributed by atoms with Crippen molar-refractivity contribution in [2.45, 2.75) is 26.4 Å². The van der Waals surface area contributed by atoms with Crippen LogP contribution in [0.25, 0.3) is 127 Å². The monoisotopic (exact) mass is 1480 g/mol. The molecule has 0 aliphatic heterocycles. The molecule has 0 fully saturated rings. The number of carbonyl (C=O) groups is 4. The minimum absolute atomic E-state index is 0.0433. The Hall–Kier alpha value is -16.0. The second-order valence-electron chi connectivity index (χ2n) is 27.2. The van der Waals surface area contributed by atoms with Gasteiger partial charge in [0.25, 0.3) is 0 Å². The Morgan fingerprint density at radius 2 is 0.667 bits per heavy atom. The number of aromatic nitrogens is 5. The van der Waals surface area contributed by atoms with E-state index in [1.807, 2.05) is 264 Å². The molecule has 0 radical (unpaired) electrons. The highest BCUT2D eigenvalue weighted by Gasteiger charge is 2.27. The predicted octanol–water partition coefficient (Wildman–Crippen LogP) is 21.8. The quantitative estimate of drug-likeness (QED) is 0.0396. The molecular weight excluding hydrogens is 1420 g/mol. The molecule has 16 heteroatoms. The molecule has 0 aliphatic carbocycles. The van der Waals surface area contributed by atoms with Gasteiger partial charge in [0.05, 0.1) is 74.2 Å². The molecule has 0 unspecified atom stereocenters. The fraction of sp³-hybridized carbons (Fsp3) is 0.0408. The summed E-state index contributed by atoms with van der Waals surface area (Å²) >= 11 is 0. The van der Waals surface area contributed by atoms with Crippen LogP contribution in [0.5, 0.6) is 0 Å². The topological polar surface area (TPSA) is 206 Å².